The Hall–Kier alpha value is -0.830. The van der Waals surface area contributed by atoms with E-state index in [9.17, 15) is 0 Å². The number of aromatic nitrogens is 2. The van der Waals surface area contributed by atoms with E-state index in [0.29, 0.717) is 0 Å². The van der Waals surface area contributed by atoms with Crippen molar-refractivity contribution in [3.05, 3.63) is 18.2 Å². The lowest BCUT2D eigenvalue weighted by Crippen LogP contribution is -2.02. The SMILES string of the molecule is C[C@H](O)CCc1ncc[nH]1. The molecule has 0 bridgehead atoms. The maximum Gasteiger partial charge on any atom is 0.106 e. The minimum atomic E-state index is -0.231. The molecule has 0 spiro atoms. The lowest BCUT2D eigenvalue weighted by Gasteiger charge is -1.99. The van der Waals surface area contributed by atoms with Crippen LogP contribution in [0.4, 0.5) is 0 Å². The summed E-state index contributed by atoms with van der Waals surface area (Å²) in [4.78, 5) is 6.99. The van der Waals surface area contributed by atoms with Crippen molar-refractivity contribution >= 4 is 0 Å². The lowest BCUT2D eigenvalue weighted by molar-refractivity contribution is 0.184. The highest BCUT2D eigenvalue weighted by molar-refractivity contribution is 4.86. The molecule has 0 saturated carbocycles. The second-order valence-corrected chi connectivity index (χ2v) is 2.42. The Kier molecular flexibility index (Phi) is 2.45. The largest absolute Gasteiger partial charge is 0.393 e. The molecule has 0 aliphatic heterocycles. The van der Waals surface area contributed by atoms with E-state index in [1.807, 2.05) is 0 Å². The molecule has 1 rings (SSSR count). The van der Waals surface area contributed by atoms with Crippen molar-refractivity contribution in [2.24, 2.45) is 0 Å². The van der Waals surface area contributed by atoms with Crippen LogP contribution < -0.4 is 0 Å². The van der Waals surface area contributed by atoms with Gasteiger partial charge in [-0.1, -0.05) is 0 Å². The van der Waals surface area contributed by atoms with E-state index in [0.717, 1.165) is 18.7 Å². The summed E-state index contributed by atoms with van der Waals surface area (Å²) < 4.78 is 0. The standard InChI is InChI=1S/C7H12N2O/c1-6(10)2-3-7-8-4-5-9-7/h4-6,10H,2-3H2,1H3,(H,8,9)/t6-/m0/s1. The van der Waals surface area contributed by atoms with E-state index < -0.39 is 0 Å². The summed E-state index contributed by atoms with van der Waals surface area (Å²) in [7, 11) is 0. The average molecular weight is 140 g/mol. The predicted molar refractivity (Wildman–Crippen MR) is 38.6 cm³/mol. The Labute approximate surface area is 60.1 Å². The topological polar surface area (TPSA) is 48.9 Å². The van der Waals surface area contributed by atoms with Crippen molar-refractivity contribution in [3.63, 3.8) is 0 Å². The van der Waals surface area contributed by atoms with E-state index in [1.165, 1.54) is 0 Å². The molecule has 2 N–H and O–H groups in total. The van der Waals surface area contributed by atoms with E-state index in [1.54, 1.807) is 19.3 Å². The number of H-pyrrole nitrogens is 1. The Morgan fingerprint density at radius 2 is 2.60 bits per heavy atom. The number of aliphatic hydroxyl groups is 1. The minimum absolute atomic E-state index is 0.231. The van der Waals surface area contributed by atoms with Gasteiger partial charge in [-0.3, -0.25) is 0 Å². The molecule has 0 fully saturated rings. The zero-order chi connectivity index (χ0) is 7.40. The van der Waals surface area contributed by atoms with Gasteiger partial charge < -0.3 is 10.1 Å². The zero-order valence-corrected chi connectivity index (χ0v) is 6.04. The first-order valence-electron chi connectivity index (χ1n) is 3.45. The summed E-state index contributed by atoms with van der Waals surface area (Å²) in [6, 6.07) is 0. The number of hydrogen-bond acceptors (Lipinski definition) is 2. The lowest BCUT2D eigenvalue weighted by atomic mass is 10.2. The molecule has 0 radical (unpaired) electrons. The number of imidazole rings is 1. The highest BCUT2D eigenvalue weighted by Crippen LogP contribution is 1.97. The van der Waals surface area contributed by atoms with Gasteiger partial charge in [0.15, 0.2) is 0 Å². The van der Waals surface area contributed by atoms with Crippen LogP contribution in [0.15, 0.2) is 12.4 Å². The fraction of sp³-hybridized carbons (Fsp3) is 0.571. The Balaban J connectivity index is 2.28. The van der Waals surface area contributed by atoms with Gasteiger partial charge in [0.1, 0.15) is 5.82 Å². The van der Waals surface area contributed by atoms with Gasteiger partial charge in [-0.05, 0) is 13.3 Å². The predicted octanol–water partition coefficient (Wildman–Crippen LogP) is 0.723. The Morgan fingerprint density at radius 1 is 1.80 bits per heavy atom. The van der Waals surface area contributed by atoms with Crippen LogP contribution in [0.3, 0.4) is 0 Å². The number of hydrogen-bond donors (Lipinski definition) is 2. The second-order valence-electron chi connectivity index (χ2n) is 2.42. The van der Waals surface area contributed by atoms with Crippen LogP contribution >= 0.6 is 0 Å². The summed E-state index contributed by atoms with van der Waals surface area (Å²) in [5, 5.41) is 8.91. The summed E-state index contributed by atoms with van der Waals surface area (Å²) in [6.45, 7) is 1.78. The Bertz CT molecular complexity index is 170. The molecule has 3 nitrogen and oxygen atoms in total. The van der Waals surface area contributed by atoms with Crippen LogP contribution in [-0.2, 0) is 6.42 Å². The van der Waals surface area contributed by atoms with Gasteiger partial charge in [0.05, 0.1) is 6.10 Å². The maximum atomic E-state index is 8.91. The van der Waals surface area contributed by atoms with Crippen molar-refractivity contribution in [1.82, 2.24) is 9.97 Å². The fourth-order valence-corrected chi connectivity index (χ4v) is 0.780. The molecule has 1 atom stereocenters. The molecular formula is C7H12N2O. The normalized spacial score (nSPS) is 13.4. The highest BCUT2D eigenvalue weighted by Gasteiger charge is 1.97. The van der Waals surface area contributed by atoms with Crippen LogP contribution in [0.2, 0.25) is 0 Å². The number of aryl methyl sites for hydroxylation is 1. The summed E-state index contributed by atoms with van der Waals surface area (Å²) in [5.74, 6) is 0.945. The first-order valence-corrected chi connectivity index (χ1v) is 3.45. The Morgan fingerprint density at radius 3 is 3.10 bits per heavy atom. The van der Waals surface area contributed by atoms with Crippen molar-refractivity contribution in [1.29, 1.82) is 0 Å². The van der Waals surface area contributed by atoms with Crippen molar-refractivity contribution in [2.75, 3.05) is 0 Å². The van der Waals surface area contributed by atoms with E-state index >= 15 is 0 Å². The summed E-state index contributed by atoms with van der Waals surface area (Å²) >= 11 is 0. The van der Waals surface area contributed by atoms with Crippen LogP contribution in [-0.4, -0.2) is 21.2 Å². The van der Waals surface area contributed by atoms with E-state index in [4.69, 9.17) is 5.11 Å². The number of nitrogens with one attached hydrogen (secondary N) is 1. The quantitative estimate of drug-likeness (QED) is 0.650. The molecule has 0 saturated heterocycles. The molecule has 0 aromatic carbocycles. The molecule has 1 aromatic heterocycles. The fourth-order valence-electron chi connectivity index (χ4n) is 0.780. The molecule has 0 unspecified atom stereocenters. The maximum absolute atomic E-state index is 8.91. The van der Waals surface area contributed by atoms with E-state index in [2.05, 4.69) is 9.97 Å². The van der Waals surface area contributed by atoms with Gasteiger partial charge in [0.25, 0.3) is 0 Å². The van der Waals surface area contributed by atoms with Crippen molar-refractivity contribution in [2.45, 2.75) is 25.9 Å². The molecule has 3 heteroatoms. The summed E-state index contributed by atoms with van der Waals surface area (Å²) in [6.07, 6.45) is 4.87. The van der Waals surface area contributed by atoms with Gasteiger partial charge in [0, 0.05) is 18.8 Å². The minimum Gasteiger partial charge on any atom is -0.393 e. The molecule has 0 amide bonds. The van der Waals surface area contributed by atoms with Gasteiger partial charge in [-0.25, -0.2) is 4.98 Å². The first-order chi connectivity index (χ1) is 4.79. The van der Waals surface area contributed by atoms with Crippen LogP contribution in [0.5, 0.6) is 0 Å². The van der Waals surface area contributed by atoms with Crippen LogP contribution in [0, 0.1) is 0 Å². The third-order valence-electron chi connectivity index (χ3n) is 1.35. The number of aromatic amines is 1. The molecular weight excluding hydrogens is 128 g/mol. The third kappa shape index (κ3) is 2.19. The van der Waals surface area contributed by atoms with Crippen LogP contribution in [0.25, 0.3) is 0 Å². The summed E-state index contributed by atoms with van der Waals surface area (Å²) in [5.41, 5.74) is 0. The number of nitrogens with zero attached hydrogens (tertiary/aromatic N) is 1. The number of aliphatic hydroxyl groups excluding tert-OH is 1. The van der Waals surface area contributed by atoms with Gasteiger partial charge in [-0.2, -0.15) is 0 Å². The van der Waals surface area contributed by atoms with E-state index in [-0.39, 0.29) is 6.10 Å². The molecule has 0 aliphatic rings. The zero-order valence-electron chi connectivity index (χ0n) is 6.04. The van der Waals surface area contributed by atoms with Crippen LogP contribution in [0.1, 0.15) is 19.2 Å². The number of rotatable bonds is 3. The van der Waals surface area contributed by atoms with Crippen molar-refractivity contribution < 1.29 is 5.11 Å². The average Bonchev–Trinajstić information content (AvgIpc) is 2.34. The molecule has 0 aliphatic carbocycles. The molecule has 1 aromatic rings. The molecule has 1 heterocycles. The second kappa shape index (κ2) is 3.37. The van der Waals surface area contributed by atoms with Gasteiger partial charge in [-0.15, -0.1) is 0 Å². The first kappa shape index (κ1) is 7.28. The monoisotopic (exact) mass is 140 g/mol. The van der Waals surface area contributed by atoms with Gasteiger partial charge >= 0.3 is 0 Å². The molecule has 10 heavy (non-hydrogen) atoms. The third-order valence-corrected chi connectivity index (χ3v) is 1.35. The molecule has 56 valence electrons. The van der Waals surface area contributed by atoms with Gasteiger partial charge in [0.2, 0.25) is 0 Å². The van der Waals surface area contributed by atoms with Crippen molar-refractivity contribution in [3.8, 4) is 0 Å². The smallest absolute Gasteiger partial charge is 0.106 e. The highest BCUT2D eigenvalue weighted by atomic mass is 16.3.